The molecule has 0 aliphatic rings. The van der Waals surface area contributed by atoms with Gasteiger partial charge in [-0.05, 0) is 51.0 Å². The van der Waals surface area contributed by atoms with E-state index in [0.717, 1.165) is 28.9 Å². The fourth-order valence-electron chi connectivity index (χ4n) is 5.08. The van der Waals surface area contributed by atoms with Gasteiger partial charge in [-0.15, -0.1) is 71.8 Å². The summed E-state index contributed by atoms with van der Waals surface area (Å²) in [6.45, 7) is 18.5. The summed E-state index contributed by atoms with van der Waals surface area (Å²) in [4.78, 5) is 9.33. The van der Waals surface area contributed by atoms with E-state index in [1.165, 1.54) is 27.4 Å². The van der Waals surface area contributed by atoms with E-state index >= 15 is 0 Å². The molecule has 0 aliphatic carbocycles. The van der Waals surface area contributed by atoms with Crippen molar-refractivity contribution in [1.82, 2.24) is 9.97 Å². The van der Waals surface area contributed by atoms with Crippen molar-refractivity contribution in [3.05, 3.63) is 127 Å². The molecule has 1 radical (unpaired) electrons. The first-order chi connectivity index (χ1) is 19.9. The quantitative estimate of drug-likeness (QED) is 0.127. The molecule has 0 spiro atoms. The summed E-state index contributed by atoms with van der Waals surface area (Å²) in [5.41, 5.74) is 9.64. The topological polar surface area (TPSA) is 25.8 Å². The van der Waals surface area contributed by atoms with Crippen LogP contribution >= 0.6 is 0 Å². The monoisotopic (exact) mass is 761 g/mol. The van der Waals surface area contributed by atoms with Crippen molar-refractivity contribution in [3.63, 3.8) is 0 Å². The second-order valence-corrected chi connectivity index (χ2v) is 18.5. The van der Waals surface area contributed by atoms with Crippen molar-refractivity contribution in [3.8, 4) is 33.6 Å². The smallest absolute Gasteiger partial charge is 0.0798 e. The molecule has 0 atom stereocenters. The summed E-state index contributed by atoms with van der Waals surface area (Å²) in [6, 6.07) is 37.5. The zero-order chi connectivity index (χ0) is 30.3. The third kappa shape index (κ3) is 9.66. The van der Waals surface area contributed by atoms with Crippen LogP contribution in [0.5, 0.6) is 0 Å². The van der Waals surface area contributed by atoms with E-state index in [2.05, 4.69) is 120 Å². The normalized spacial score (nSPS) is 11.4. The van der Waals surface area contributed by atoms with Crippen LogP contribution < -0.4 is 5.19 Å². The zero-order valence-corrected chi connectivity index (χ0v) is 30.2. The maximum atomic E-state index is 4.71. The van der Waals surface area contributed by atoms with Crippen molar-refractivity contribution < 1.29 is 20.1 Å². The number of rotatable bonds is 6. The minimum Gasteiger partial charge on any atom is -0.305 e. The molecular formula is C39H44IrN2Si-2. The average Bonchev–Trinajstić information content (AvgIpc) is 2.97. The summed E-state index contributed by atoms with van der Waals surface area (Å²) in [5.74, 6) is 0.446. The van der Waals surface area contributed by atoms with Crippen molar-refractivity contribution in [2.45, 2.75) is 66.6 Å². The molecule has 0 N–H and O–H groups in total. The fraction of sp³-hybridized carbons (Fsp3) is 0.282. The number of nitrogens with zero attached hydrogens (tertiary/aromatic N) is 2. The molecule has 0 amide bonds. The maximum absolute atomic E-state index is 4.71. The van der Waals surface area contributed by atoms with Crippen LogP contribution in [0.25, 0.3) is 33.6 Å². The molecule has 0 bridgehead atoms. The van der Waals surface area contributed by atoms with E-state index < -0.39 is 8.07 Å². The van der Waals surface area contributed by atoms with Crippen LogP contribution in [-0.4, -0.2) is 18.0 Å². The van der Waals surface area contributed by atoms with Crippen LogP contribution in [0.2, 0.25) is 19.6 Å². The van der Waals surface area contributed by atoms with E-state index in [1.807, 2.05) is 54.7 Å². The van der Waals surface area contributed by atoms with Gasteiger partial charge in [-0.25, -0.2) is 0 Å². The molecule has 0 saturated heterocycles. The summed E-state index contributed by atoms with van der Waals surface area (Å²) >= 11 is 0. The minimum absolute atomic E-state index is 0. The molecule has 2 heterocycles. The van der Waals surface area contributed by atoms with E-state index in [0.29, 0.717) is 5.92 Å². The molecule has 0 fully saturated rings. The molecule has 0 aliphatic heterocycles. The Bertz CT molecular complexity index is 1570. The second-order valence-electron chi connectivity index (χ2n) is 13.4. The third-order valence-corrected chi connectivity index (χ3v) is 9.20. The Labute approximate surface area is 274 Å². The minimum atomic E-state index is -1.37. The van der Waals surface area contributed by atoms with Gasteiger partial charge in [0.25, 0.3) is 0 Å². The van der Waals surface area contributed by atoms with E-state index in [9.17, 15) is 0 Å². The predicted molar refractivity (Wildman–Crippen MR) is 183 cm³/mol. The zero-order valence-electron chi connectivity index (χ0n) is 26.8. The third-order valence-electron chi connectivity index (χ3n) is 7.13. The predicted octanol–water partition coefficient (Wildman–Crippen LogP) is 10.0. The van der Waals surface area contributed by atoms with Crippen LogP contribution in [0.4, 0.5) is 0 Å². The maximum Gasteiger partial charge on any atom is 0.0798 e. The van der Waals surface area contributed by atoms with Gasteiger partial charge in [0.05, 0.1) is 8.07 Å². The van der Waals surface area contributed by atoms with Gasteiger partial charge in [-0.2, -0.15) is 0 Å². The number of benzene rings is 3. The van der Waals surface area contributed by atoms with E-state index in [1.54, 1.807) is 0 Å². The van der Waals surface area contributed by atoms with Crippen molar-refractivity contribution in [1.29, 1.82) is 0 Å². The second kappa shape index (κ2) is 15.0. The summed E-state index contributed by atoms with van der Waals surface area (Å²) in [5, 5.41) is 1.48. The van der Waals surface area contributed by atoms with Crippen molar-refractivity contribution in [2.75, 3.05) is 0 Å². The Morgan fingerprint density at radius 3 is 1.74 bits per heavy atom. The van der Waals surface area contributed by atoms with Crippen LogP contribution in [0.3, 0.4) is 0 Å². The average molecular weight is 761 g/mol. The van der Waals surface area contributed by atoms with Gasteiger partial charge in [-0.3, -0.25) is 0 Å². The first-order valence-corrected chi connectivity index (χ1v) is 18.4. The Balaban J connectivity index is 0.000000230. The number of hydrogen-bond donors (Lipinski definition) is 0. The first kappa shape index (κ1) is 34.3. The van der Waals surface area contributed by atoms with Crippen LogP contribution in [0.1, 0.15) is 51.7 Å². The molecule has 3 aromatic carbocycles. The SMILES string of the molecule is CC(C)(C)Cc1cc(-c2[c-]cccc2)ncc1[Si](C)(C)C.CC(C)c1cnc(-c2[c-]cccc2)cc1-c1ccccc1.[Ir]. The number of hydrogen-bond acceptors (Lipinski definition) is 2. The van der Waals surface area contributed by atoms with Crippen molar-refractivity contribution in [2.24, 2.45) is 5.41 Å². The molecule has 0 unspecified atom stereocenters. The molecule has 2 aromatic heterocycles. The summed E-state index contributed by atoms with van der Waals surface area (Å²) < 4.78 is 0. The van der Waals surface area contributed by atoms with Crippen LogP contribution in [-0.2, 0) is 26.5 Å². The van der Waals surface area contributed by atoms with Gasteiger partial charge in [-0.1, -0.05) is 102 Å². The standard InChI is InChI=1S/C20H18N.C19H26NSi.Ir/c1-15(2)19-14-21-20(17-11-7-4-8-12-17)13-18(19)16-9-5-3-6-10-16;1-19(2,3)13-16-12-17(15-10-8-7-9-11-15)20-14-18(16)21(4,5)6;/h3-11,13-15H,1-2H3;7-10,12,14H,13H2,1-6H3;/q2*-1;. The summed E-state index contributed by atoms with van der Waals surface area (Å²) in [6.07, 6.45) is 5.21. The number of pyridine rings is 2. The molecule has 2 nitrogen and oxygen atoms in total. The molecule has 225 valence electrons. The fourth-order valence-corrected chi connectivity index (χ4v) is 6.66. The van der Waals surface area contributed by atoms with Gasteiger partial charge >= 0.3 is 0 Å². The first-order valence-electron chi connectivity index (χ1n) is 14.9. The Morgan fingerprint density at radius 2 is 1.26 bits per heavy atom. The van der Waals surface area contributed by atoms with Crippen LogP contribution in [0.15, 0.2) is 103 Å². The largest absolute Gasteiger partial charge is 0.305 e. The van der Waals surface area contributed by atoms with Gasteiger partial charge in [0.1, 0.15) is 0 Å². The number of aromatic nitrogens is 2. The van der Waals surface area contributed by atoms with Gasteiger partial charge in [0.2, 0.25) is 0 Å². The molecule has 4 heteroatoms. The molecule has 5 aromatic rings. The van der Waals surface area contributed by atoms with Gasteiger partial charge in [0, 0.05) is 32.5 Å². The molecule has 5 rings (SSSR count). The van der Waals surface area contributed by atoms with E-state index in [-0.39, 0.29) is 25.5 Å². The van der Waals surface area contributed by atoms with E-state index in [4.69, 9.17) is 4.98 Å². The Kier molecular flexibility index (Phi) is 12.0. The molecule has 43 heavy (non-hydrogen) atoms. The Hall–Kier alpha value is -3.17. The van der Waals surface area contributed by atoms with Crippen molar-refractivity contribution >= 4 is 13.3 Å². The molecule has 0 saturated carbocycles. The summed E-state index contributed by atoms with van der Waals surface area (Å²) in [7, 11) is -1.37. The van der Waals surface area contributed by atoms with Crippen LogP contribution in [0, 0.1) is 17.5 Å². The Morgan fingerprint density at radius 1 is 0.721 bits per heavy atom. The van der Waals surface area contributed by atoms with Gasteiger partial charge in [0.15, 0.2) is 0 Å². The molecular weight excluding hydrogens is 717 g/mol. The van der Waals surface area contributed by atoms with Gasteiger partial charge < -0.3 is 9.97 Å².